The number of carbonyl (C=O) groups excluding carboxylic acids is 6. The number of aliphatic carboxylic acids is 6. The van der Waals surface area contributed by atoms with Gasteiger partial charge in [-0.05, 0) is 69.2 Å². The molecular formula is C71H116Gd2N14O29+6. The number of hydrogen-bond donors (Lipinski definition) is 23. The van der Waals surface area contributed by atoms with Gasteiger partial charge in [0.1, 0.15) is 36.3 Å². The van der Waals surface area contributed by atoms with E-state index in [1.165, 1.54) is 24.5 Å². The Hall–Kier alpha value is -6.09. The number of aromatic nitrogens is 2. The van der Waals surface area contributed by atoms with Gasteiger partial charge in [-0.25, -0.2) is 0 Å². The van der Waals surface area contributed by atoms with Crippen LogP contribution in [0.25, 0.3) is 0 Å². The summed E-state index contributed by atoms with van der Waals surface area (Å²) in [6, 6.07) is 2.14. The zero-order chi connectivity index (χ0) is 85.0. The predicted octanol–water partition coefficient (Wildman–Crippen LogP) is -8.36. The van der Waals surface area contributed by atoms with Crippen LogP contribution in [-0.2, 0) is 83.7 Å². The van der Waals surface area contributed by atoms with Gasteiger partial charge in [-0.15, -0.1) is 0 Å². The molecule has 4 heterocycles. The Kier molecular flexibility index (Phi) is 55.4. The maximum atomic E-state index is 12.8. The molecule has 0 fully saturated rings. The molecule has 45 heteroatoms. The molecule has 2 aliphatic heterocycles. The summed E-state index contributed by atoms with van der Waals surface area (Å²) in [7, 11) is 0. The Balaban J connectivity index is 0.00000114. The minimum absolute atomic E-state index is 0. The SMILES string of the molecule is CCC(O)CNC(=O)CC[C@H](C(=O)O)N1CCN([C@H](CCC(=O)NCC(O)CO)C(=O)O)CCN([C@H](CCC(=O)NCC(O)CO)C(=O)O)Cc2cccc(n2)C1.O=C(CC[C@@H](C(=O)O)N1CCN([C@@H](CCC(=O)NCC(O)CO)C(=O)O)Cc2cccc(n2)CN([C@@H](CCC(=O)NCC(O)CO)C(=O)O)CC1)NCC(O)CO.[Gd+3].[Gd+3]. The van der Waals surface area contributed by atoms with Gasteiger partial charge in [-0.1, -0.05) is 19.1 Å². The largest absolute Gasteiger partial charge is 3.00 e. The average Bonchev–Trinajstić information content (AvgIpc) is 0.832. The molecule has 43 nitrogen and oxygen atoms in total. The maximum absolute atomic E-state index is 12.8. The van der Waals surface area contributed by atoms with Crippen LogP contribution in [0.5, 0.6) is 0 Å². The van der Waals surface area contributed by atoms with E-state index in [9.17, 15) is 119 Å². The van der Waals surface area contributed by atoms with Crippen molar-refractivity contribution in [1.82, 2.24) is 71.3 Å². The molecule has 116 heavy (non-hydrogen) atoms. The summed E-state index contributed by atoms with van der Waals surface area (Å²) in [5.41, 5.74) is 1.57. The molecule has 0 aromatic carbocycles. The van der Waals surface area contributed by atoms with Gasteiger partial charge < -0.3 is 119 Å². The third-order valence-electron chi connectivity index (χ3n) is 18.8. The number of aliphatic hydroxyl groups is 11. The number of nitrogens with zero attached hydrogens (tertiary/aromatic N) is 8. The molecule has 2 radical (unpaired) electrons. The van der Waals surface area contributed by atoms with E-state index in [2.05, 4.69) is 41.9 Å². The summed E-state index contributed by atoms with van der Waals surface area (Å²) in [5, 5.41) is 180. The smallest absolute Gasteiger partial charge is 0.480 e. The molecule has 2 aromatic heterocycles. The number of aliphatic hydroxyl groups excluding tert-OH is 11. The number of carboxylic acid groups (broad SMARTS) is 6. The Bertz CT molecular complexity index is 2980. The van der Waals surface area contributed by atoms with Crippen molar-refractivity contribution in [2.24, 2.45) is 0 Å². The molecule has 654 valence electrons. The zero-order valence-electron chi connectivity index (χ0n) is 64.6. The van der Waals surface area contributed by atoms with Crippen molar-refractivity contribution in [2.75, 3.05) is 125 Å². The van der Waals surface area contributed by atoms with Crippen LogP contribution >= 0.6 is 0 Å². The van der Waals surface area contributed by atoms with Crippen molar-refractivity contribution in [3.05, 3.63) is 59.2 Å². The first-order chi connectivity index (χ1) is 54.1. The molecule has 6 unspecified atom stereocenters. The van der Waals surface area contributed by atoms with E-state index in [4.69, 9.17) is 25.5 Å². The molecule has 2 aliphatic rings. The first kappa shape index (κ1) is 108. The molecule has 4 bridgehead atoms. The molecule has 4 rings (SSSR count). The van der Waals surface area contributed by atoms with Gasteiger partial charge in [0, 0.05) is 156 Å². The molecule has 2 aromatic rings. The number of carbonyl (C=O) groups is 12. The van der Waals surface area contributed by atoms with Crippen LogP contribution in [0.1, 0.15) is 113 Å². The van der Waals surface area contributed by atoms with E-state index >= 15 is 0 Å². The minimum Gasteiger partial charge on any atom is -0.480 e. The van der Waals surface area contributed by atoms with Crippen LogP contribution in [0.3, 0.4) is 0 Å². The number of pyridine rings is 2. The average molecular weight is 1940 g/mol. The van der Waals surface area contributed by atoms with Gasteiger partial charge in [0.15, 0.2) is 0 Å². The van der Waals surface area contributed by atoms with Crippen molar-refractivity contribution >= 4 is 71.3 Å². The van der Waals surface area contributed by atoms with E-state index < -0.39 is 177 Å². The number of hydrogen-bond acceptors (Lipinski definition) is 31. The molecule has 23 N–H and O–H groups in total. The molecule has 0 aliphatic carbocycles. The van der Waals surface area contributed by atoms with Crippen LogP contribution in [0.15, 0.2) is 36.4 Å². The summed E-state index contributed by atoms with van der Waals surface area (Å²) in [5.74, 6) is -11.1. The third kappa shape index (κ3) is 42.7. The van der Waals surface area contributed by atoms with Gasteiger partial charge in [-0.3, -0.25) is 96.9 Å². The van der Waals surface area contributed by atoms with Gasteiger partial charge in [0.05, 0.1) is 92.4 Å². The van der Waals surface area contributed by atoms with E-state index in [0.717, 1.165) is 0 Å². The van der Waals surface area contributed by atoms with Crippen molar-refractivity contribution in [1.29, 1.82) is 0 Å². The summed E-state index contributed by atoms with van der Waals surface area (Å²) in [6.45, 7) is -3.49. The van der Waals surface area contributed by atoms with Crippen LogP contribution in [0.2, 0.25) is 0 Å². The number of rotatable bonds is 48. The van der Waals surface area contributed by atoms with E-state index in [1.54, 1.807) is 48.2 Å². The van der Waals surface area contributed by atoms with Gasteiger partial charge in [0.2, 0.25) is 35.4 Å². The van der Waals surface area contributed by atoms with Gasteiger partial charge >= 0.3 is 116 Å². The van der Waals surface area contributed by atoms with Crippen LogP contribution in [-0.4, -0.2) is 395 Å². The topological polar surface area (TPSA) is 666 Å². The Morgan fingerprint density at radius 1 is 0.302 bits per heavy atom. The normalized spacial score (nSPS) is 17.4. The summed E-state index contributed by atoms with van der Waals surface area (Å²) in [6.07, 6.45) is -9.21. The summed E-state index contributed by atoms with van der Waals surface area (Å²) >= 11 is 0. The van der Waals surface area contributed by atoms with Crippen molar-refractivity contribution in [3.63, 3.8) is 0 Å². The van der Waals surface area contributed by atoms with E-state index in [1.807, 2.05) is 0 Å². The Morgan fingerprint density at radius 3 is 0.629 bits per heavy atom. The Labute approximate surface area is 734 Å². The van der Waals surface area contributed by atoms with Crippen molar-refractivity contribution in [3.8, 4) is 0 Å². The minimum atomic E-state index is -1.35. The molecule has 0 saturated heterocycles. The first-order valence-corrected chi connectivity index (χ1v) is 37.6. The number of amides is 6. The number of fused-ring (bicyclic) bond motifs is 4. The van der Waals surface area contributed by atoms with Crippen LogP contribution in [0.4, 0.5) is 0 Å². The van der Waals surface area contributed by atoms with Crippen LogP contribution < -0.4 is 31.9 Å². The second-order valence-electron chi connectivity index (χ2n) is 27.6. The third-order valence-corrected chi connectivity index (χ3v) is 18.8. The number of nitrogens with one attached hydrogen (secondary N) is 6. The predicted molar refractivity (Wildman–Crippen MR) is 397 cm³/mol. The molecule has 12 atom stereocenters. The zero-order valence-corrected chi connectivity index (χ0v) is 69.2. The fourth-order valence-corrected chi connectivity index (χ4v) is 12.3. The van der Waals surface area contributed by atoms with Crippen molar-refractivity contribution < 1.29 is 224 Å². The second kappa shape index (κ2) is 59.6. The Morgan fingerprint density at radius 2 is 0.466 bits per heavy atom. The second-order valence-corrected chi connectivity index (χ2v) is 27.6. The van der Waals surface area contributed by atoms with E-state index in [0.29, 0.717) is 29.2 Å². The fraction of sp³-hybridized carbons (Fsp3) is 0.690. The van der Waals surface area contributed by atoms with E-state index in [-0.39, 0.29) is 275 Å². The van der Waals surface area contributed by atoms with Gasteiger partial charge in [0.25, 0.3) is 0 Å². The monoisotopic (exact) mass is 1940 g/mol. The molecule has 0 spiro atoms. The number of carboxylic acids is 6. The summed E-state index contributed by atoms with van der Waals surface area (Å²) < 4.78 is 0. The maximum Gasteiger partial charge on any atom is 3.00 e. The quantitative estimate of drug-likeness (QED) is 0.0293. The molecule has 6 amide bonds. The molecular weight excluding hydrogens is 1830 g/mol. The molecule has 0 saturated carbocycles. The fourth-order valence-electron chi connectivity index (χ4n) is 12.3. The van der Waals surface area contributed by atoms with Gasteiger partial charge in [-0.2, -0.15) is 0 Å². The standard InChI is InChI=1S/C36H59N7O14.C35H57N7O15.2Gd/c1-2-25(46)16-37-31(49)10-7-29(35(54)55)42-14-12-41(28(34(52)53)6-9-32(50)38-17-26(47)21-44)13-15-43(20-24-5-3-4-23(19-42)40-24)30(36(56)57)8-11-33(51)39-18-27(48)22-45;43-19-24(46)14-36-30(49)7-4-27(33(52)53)40-10-12-41(28(34(54)55)5-8-31(50)37-15-25(47)20-44)17-22-2-1-3-23(39-22)18-42(13-11-40)29(35(56)57)6-9-32(51)38-16-26(48)21-45;;/h3-5,25-30,44-48H,2,6-22H2,1H3,(H,37,49)(H,38,50)(H,39,51)(H,52,53)(H,54,55)(H,56,57);1-3,24-29,43-48H,4-21H2,(H,36,49)(H,37,50)(H,38,51)(H,52,53)(H,54,55)(H,56,57);;/q;;2*+3/t25?,26?,27?,28-,29-,30-;24?,25?,26?,27-,28-,29-;;/m10../s1. The van der Waals surface area contributed by atoms with Crippen molar-refractivity contribution in [2.45, 2.75) is 189 Å². The first-order valence-electron chi connectivity index (χ1n) is 37.6. The summed E-state index contributed by atoms with van der Waals surface area (Å²) in [4.78, 5) is 170. The van der Waals surface area contributed by atoms with Crippen LogP contribution in [0, 0.1) is 79.9 Å².